The van der Waals surface area contributed by atoms with E-state index in [1.807, 2.05) is 0 Å². The van der Waals surface area contributed by atoms with E-state index >= 15 is 0 Å². The highest BCUT2D eigenvalue weighted by molar-refractivity contribution is 14.1. The van der Waals surface area contributed by atoms with Crippen molar-refractivity contribution < 1.29 is 0 Å². The summed E-state index contributed by atoms with van der Waals surface area (Å²) >= 11 is 2.06. The van der Waals surface area contributed by atoms with Crippen LogP contribution in [0.4, 0.5) is 0 Å². The Kier molecular flexibility index (Phi) is 2.62. The molecule has 0 fully saturated rings. The zero-order valence-electron chi connectivity index (χ0n) is 7.14. The molecule has 0 aliphatic carbocycles. The summed E-state index contributed by atoms with van der Waals surface area (Å²) in [7, 11) is 0. The van der Waals surface area contributed by atoms with Crippen molar-refractivity contribution in [3.05, 3.63) is 44.1 Å². The minimum Gasteiger partial charge on any atom is -0.285 e. The molecule has 0 radical (unpaired) electrons. The maximum absolute atomic E-state index is 11.4. The van der Waals surface area contributed by atoms with E-state index in [4.69, 9.17) is 0 Å². The first-order valence-electron chi connectivity index (χ1n) is 3.96. The van der Waals surface area contributed by atoms with Crippen LogP contribution in [0.2, 0.25) is 0 Å². The summed E-state index contributed by atoms with van der Waals surface area (Å²) in [6.07, 6.45) is 5.07. The van der Waals surface area contributed by atoms with Crippen LogP contribution in [0.1, 0.15) is 5.56 Å². The van der Waals surface area contributed by atoms with Crippen molar-refractivity contribution in [1.82, 2.24) is 20.0 Å². The van der Waals surface area contributed by atoms with Crippen LogP contribution in [0.5, 0.6) is 0 Å². The Bertz CT molecular complexity index is 476. The van der Waals surface area contributed by atoms with Gasteiger partial charge in [-0.1, -0.05) is 0 Å². The maximum Gasteiger partial charge on any atom is 0.268 e. The lowest BCUT2D eigenvalue weighted by molar-refractivity contribution is 0.637. The molecule has 0 aliphatic rings. The number of nitrogens with zero attached hydrogens (tertiary/aromatic N) is 3. The quantitative estimate of drug-likeness (QED) is 0.827. The van der Waals surface area contributed by atoms with E-state index in [-0.39, 0.29) is 5.56 Å². The normalized spacial score (nSPS) is 10.4. The fourth-order valence-electron chi connectivity index (χ4n) is 1.07. The number of rotatable bonds is 2. The number of halogens is 1. The summed E-state index contributed by atoms with van der Waals surface area (Å²) in [4.78, 5) is 11.4. The van der Waals surface area contributed by atoms with Crippen LogP contribution in [0.3, 0.4) is 0 Å². The molecule has 2 rings (SSSR count). The lowest BCUT2D eigenvalue weighted by Crippen LogP contribution is -2.22. The molecule has 1 N–H and O–H groups in total. The molecule has 5 nitrogen and oxygen atoms in total. The molecular weight excluding hydrogens is 295 g/mol. The topological polar surface area (TPSA) is 63.6 Å². The van der Waals surface area contributed by atoms with Crippen molar-refractivity contribution in [3.63, 3.8) is 0 Å². The highest BCUT2D eigenvalue weighted by atomic mass is 127. The largest absolute Gasteiger partial charge is 0.285 e. The Labute approximate surface area is 93.3 Å². The smallest absolute Gasteiger partial charge is 0.268 e. The Hall–Kier alpha value is -1.18. The first-order chi connectivity index (χ1) is 6.75. The molecule has 0 spiro atoms. The molecule has 0 atom stereocenters. The van der Waals surface area contributed by atoms with Gasteiger partial charge in [-0.2, -0.15) is 10.2 Å². The van der Waals surface area contributed by atoms with E-state index in [9.17, 15) is 4.79 Å². The molecule has 2 heterocycles. The van der Waals surface area contributed by atoms with Crippen molar-refractivity contribution in [3.8, 4) is 0 Å². The first-order valence-corrected chi connectivity index (χ1v) is 5.04. The predicted molar refractivity (Wildman–Crippen MR) is 58.9 cm³/mol. The fraction of sp³-hybridized carbons (Fsp3) is 0.125. The summed E-state index contributed by atoms with van der Waals surface area (Å²) < 4.78 is 2.24. The van der Waals surface area contributed by atoms with Crippen LogP contribution in [0.25, 0.3) is 0 Å². The minimum absolute atomic E-state index is 0.0990. The molecule has 2 aromatic heterocycles. The summed E-state index contributed by atoms with van der Waals surface area (Å²) in [6, 6.07) is 1.55. The predicted octanol–water partition coefficient (Wildman–Crippen LogP) is 0.619. The van der Waals surface area contributed by atoms with Crippen molar-refractivity contribution in [2.24, 2.45) is 0 Å². The molecule has 2 aromatic rings. The van der Waals surface area contributed by atoms with E-state index in [2.05, 4.69) is 37.9 Å². The van der Waals surface area contributed by atoms with Crippen molar-refractivity contribution in [2.75, 3.05) is 0 Å². The molecule has 72 valence electrons. The summed E-state index contributed by atoms with van der Waals surface area (Å²) in [5, 5.41) is 10.5. The molecule has 0 aromatic carbocycles. The van der Waals surface area contributed by atoms with E-state index in [0.717, 1.165) is 9.13 Å². The average molecular weight is 302 g/mol. The average Bonchev–Trinajstić information content (AvgIpc) is 2.62. The molecule has 6 heteroatoms. The molecular formula is C8H7IN4O. The van der Waals surface area contributed by atoms with Crippen LogP contribution in [-0.4, -0.2) is 20.0 Å². The fourth-order valence-corrected chi connectivity index (χ4v) is 1.46. The summed E-state index contributed by atoms with van der Waals surface area (Å²) in [5.74, 6) is 0. The van der Waals surface area contributed by atoms with Crippen LogP contribution in [0, 0.1) is 3.57 Å². The maximum atomic E-state index is 11.4. The molecule has 0 amide bonds. The van der Waals surface area contributed by atoms with Gasteiger partial charge in [0.2, 0.25) is 0 Å². The van der Waals surface area contributed by atoms with Gasteiger partial charge in [0.05, 0.1) is 18.9 Å². The standard InChI is InChI=1S/C8H7IN4O/c9-7-1-8(14)13(12-4-7)5-6-2-10-11-3-6/h1-4H,5H2,(H,10,11). The Morgan fingerprint density at radius 3 is 3.00 bits per heavy atom. The van der Waals surface area contributed by atoms with Crippen LogP contribution in [-0.2, 0) is 6.54 Å². The molecule has 0 unspecified atom stereocenters. The Morgan fingerprint density at radius 1 is 1.50 bits per heavy atom. The highest BCUT2D eigenvalue weighted by Crippen LogP contribution is 1.98. The lowest BCUT2D eigenvalue weighted by Gasteiger charge is -2.00. The van der Waals surface area contributed by atoms with Gasteiger partial charge in [0.1, 0.15) is 0 Å². The third kappa shape index (κ3) is 2.00. The second kappa shape index (κ2) is 3.91. The van der Waals surface area contributed by atoms with Gasteiger partial charge in [-0.3, -0.25) is 9.89 Å². The zero-order valence-corrected chi connectivity index (χ0v) is 9.30. The monoisotopic (exact) mass is 302 g/mol. The van der Waals surface area contributed by atoms with Crippen LogP contribution in [0.15, 0.2) is 29.5 Å². The van der Waals surface area contributed by atoms with Crippen molar-refractivity contribution in [2.45, 2.75) is 6.54 Å². The molecule has 0 saturated carbocycles. The third-order valence-corrected chi connectivity index (χ3v) is 2.31. The number of hydrogen-bond acceptors (Lipinski definition) is 3. The zero-order chi connectivity index (χ0) is 9.97. The molecule has 0 bridgehead atoms. The van der Waals surface area contributed by atoms with Crippen molar-refractivity contribution >= 4 is 22.6 Å². The molecule has 14 heavy (non-hydrogen) atoms. The SMILES string of the molecule is O=c1cc(I)cnn1Cc1cn[nH]c1. The Morgan fingerprint density at radius 2 is 2.36 bits per heavy atom. The highest BCUT2D eigenvalue weighted by Gasteiger charge is 2.00. The van der Waals surface area contributed by atoms with Gasteiger partial charge >= 0.3 is 0 Å². The summed E-state index contributed by atoms with van der Waals surface area (Å²) in [5.41, 5.74) is 0.832. The number of hydrogen-bond donors (Lipinski definition) is 1. The second-order valence-corrected chi connectivity index (χ2v) is 4.02. The van der Waals surface area contributed by atoms with Crippen LogP contribution < -0.4 is 5.56 Å². The number of nitrogens with one attached hydrogen (secondary N) is 1. The van der Waals surface area contributed by atoms with Crippen molar-refractivity contribution in [1.29, 1.82) is 0 Å². The van der Waals surface area contributed by atoms with Crippen LogP contribution >= 0.6 is 22.6 Å². The van der Waals surface area contributed by atoms with Gasteiger partial charge in [0, 0.05) is 21.4 Å². The van der Waals surface area contributed by atoms with E-state index in [0.29, 0.717) is 6.54 Å². The first kappa shape index (κ1) is 9.38. The molecule has 0 saturated heterocycles. The van der Waals surface area contributed by atoms with Gasteiger partial charge in [-0.15, -0.1) is 0 Å². The van der Waals surface area contributed by atoms with Gasteiger partial charge in [0.25, 0.3) is 5.56 Å². The second-order valence-electron chi connectivity index (χ2n) is 2.78. The van der Waals surface area contributed by atoms with Gasteiger partial charge < -0.3 is 0 Å². The number of H-pyrrole nitrogens is 1. The van der Waals surface area contributed by atoms with Gasteiger partial charge in [-0.25, -0.2) is 4.68 Å². The minimum atomic E-state index is -0.0990. The van der Waals surface area contributed by atoms with Gasteiger partial charge in [0.15, 0.2) is 0 Å². The Balaban J connectivity index is 2.30. The lowest BCUT2D eigenvalue weighted by atomic mass is 10.4. The number of aromatic amines is 1. The van der Waals surface area contributed by atoms with E-state index in [1.165, 1.54) is 4.68 Å². The van der Waals surface area contributed by atoms with E-state index < -0.39 is 0 Å². The molecule has 0 aliphatic heterocycles. The van der Waals surface area contributed by atoms with Gasteiger partial charge in [-0.05, 0) is 22.6 Å². The summed E-state index contributed by atoms with van der Waals surface area (Å²) in [6.45, 7) is 0.451. The van der Waals surface area contributed by atoms with E-state index in [1.54, 1.807) is 24.7 Å². The third-order valence-electron chi connectivity index (χ3n) is 1.72. The number of aromatic nitrogens is 4.